The SMILES string of the molecule is CCC(C)n1ccc(CC(=O)C(N)COC)n1. The summed E-state index contributed by atoms with van der Waals surface area (Å²) in [6, 6.07) is 1.66. The van der Waals surface area contributed by atoms with Crippen LogP contribution in [0.2, 0.25) is 0 Å². The molecule has 5 heteroatoms. The molecule has 0 aliphatic heterocycles. The lowest BCUT2D eigenvalue weighted by Crippen LogP contribution is -2.36. The maximum Gasteiger partial charge on any atom is 0.157 e. The topological polar surface area (TPSA) is 70.1 Å². The average Bonchev–Trinajstić information content (AvgIpc) is 2.76. The molecular formula is C12H21N3O2. The third-order valence-corrected chi connectivity index (χ3v) is 2.82. The number of hydrogen-bond donors (Lipinski definition) is 1. The normalized spacial score (nSPS) is 14.6. The Kier molecular flexibility index (Phi) is 5.31. The number of hydrogen-bond acceptors (Lipinski definition) is 4. The number of methoxy groups -OCH3 is 1. The van der Waals surface area contributed by atoms with Gasteiger partial charge < -0.3 is 10.5 Å². The van der Waals surface area contributed by atoms with E-state index in [0.29, 0.717) is 6.04 Å². The van der Waals surface area contributed by atoms with Gasteiger partial charge in [0, 0.05) is 19.3 Å². The molecule has 2 N–H and O–H groups in total. The molecule has 0 saturated carbocycles. The van der Waals surface area contributed by atoms with Gasteiger partial charge in [-0.2, -0.15) is 5.10 Å². The Labute approximate surface area is 102 Å². The zero-order valence-electron chi connectivity index (χ0n) is 10.7. The van der Waals surface area contributed by atoms with E-state index in [-0.39, 0.29) is 18.8 Å². The molecule has 0 radical (unpaired) electrons. The molecule has 0 amide bonds. The van der Waals surface area contributed by atoms with Gasteiger partial charge in [-0.3, -0.25) is 9.48 Å². The summed E-state index contributed by atoms with van der Waals surface area (Å²) < 4.78 is 6.73. The van der Waals surface area contributed by atoms with Crippen molar-refractivity contribution in [3.8, 4) is 0 Å². The van der Waals surface area contributed by atoms with E-state index in [2.05, 4.69) is 18.9 Å². The van der Waals surface area contributed by atoms with Crippen LogP contribution in [0.25, 0.3) is 0 Å². The van der Waals surface area contributed by atoms with Gasteiger partial charge in [0.05, 0.1) is 24.8 Å². The third-order valence-electron chi connectivity index (χ3n) is 2.82. The molecule has 2 atom stereocenters. The maximum atomic E-state index is 11.7. The van der Waals surface area contributed by atoms with Gasteiger partial charge in [-0.05, 0) is 19.4 Å². The minimum Gasteiger partial charge on any atom is -0.383 e. The number of nitrogens with zero attached hydrogens (tertiary/aromatic N) is 2. The Bertz CT molecular complexity index is 362. The third kappa shape index (κ3) is 3.94. The van der Waals surface area contributed by atoms with Crippen molar-refractivity contribution in [3.05, 3.63) is 18.0 Å². The van der Waals surface area contributed by atoms with Crippen LogP contribution >= 0.6 is 0 Å². The van der Waals surface area contributed by atoms with E-state index < -0.39 is 6.04 Å². The monoisotopic (exact) mass is 239 g/mol. The number of rotatable bonds is 7. The molecule has 0 spiro atoms. The van der Waals surface area contributed by atoms with Crippen LogP contribution in [0.5, 0.6) is 0 Å². The molecule has 17 heavy (non-hydrogen) atoms. The summed E-state index contributed by atoms with van der Waals surface area (Å²) in [5, 5.41) is 4.36. The number of aromatic nitrogens is 2. The Morgan fingerprint density at radius 2 is 2.35 bits per heavy atom. The fourth-order valence-corrected chi connectivity index (χ4v) is 1.49. The lowest BCUT2D eigenvalue weighted by atomic mass is 10.1. The molecule has 5 nitrogen and oxygen atoms in total. The molecule has 0 aliphatic rings. The van der Waals surface area contributed by atoms with Gasteiger partial charge in [-0.1, -0.05) is 6.92 Å². The first kappa shape index (κ1) is 13.9. The number of carbonyl (C=O) groups is 1. The van der Waals surface area contributed by atoms with Crippen LogP contribution in [-0.4, -0.2) is 35.3 Å². The standard InChI is InChI=1S/C12H21N3O2/c1-4-9(2)15-6-5-10(14-15)7-12(16)11(13)8-17-3/h5-6,9,11H,4,7-8,13H2,1-3H3. The van der Waals surface area contributed by atoms with Gasteiger partial charge in [-0.15, -0.1) is 0 Å². The van der Waals surface area contributed by atoms with Gasteiger partial charge in [0.15, 0.2) is 5.78 Å². The van der Waals surface area contributed by atoms with Crippen molar-refractivity contribution in [2.75, 3.05) is 13.7 Å². The average molecular weight is 239 g/mol. The lowest BCUT2D eigenvalue weighted by molar-refractivity contribution is -0.120. The highest BCUT2D eigenvalue weighted by Crippen LogP contribution is 2.09. The predicted molar refractivity (Wildman–Crippen MR) is 65.8 cm³/mol. The number of Topliss-reactive ketones (excluding diaryl/α,β-unsaturated/α-hetero) is 1. The fraction of sp³-hybridized carbons (Fsp3) is 0.667. The zero-order chi connectivity index (χ0) is 12.8. The minimum atomic E-state index is -0.561. The number of ether oxygens (including phenoxy) is 1. The number of ketones is 1. The first-order chi connectivity index (χ1) is 8.08. The highest BCUT2D eigenvalue weighted by Gasteiger charge is 2.15. The molecule has 0 bridgehead atoms. The maximum absolute atomic E-state index is 11.7. The van der Waals surface area contributed by atoms with Gasteiger partial charge in [0.2, 0.25) is 0 Å². The molecule has 96 valence electrons. The minimum absolute atomic E-state index is 0.0405. The summed E-state index contributed by atoms with van der Waals surface area (Å²) in [4.78, 5) is 11.7. The highest BCUT2D eigenvalue weighted by molar-refractivity contribution is 5.85. The van der Waals surface area contributed by atoms with Crippen LogP contribution in [0.3, 0.4) is 0 Å². The predicted octanol–water partition coefficient (Wildman–Crippen LogP) is 0.939. The van der Waals surface area contributed by atoms with Crippen LogP contribution in [0.4, 0.5) is 0 Å². The molecule has 1 heterocycles. The van der Waals surface area contributed by atoms with Crippen molar-refractivity contribution in [2.24, 2.45) is 5.73 Å². The van der Waals surface area contributed by atoms with Crippen molar-refractivity contribution in [1.82, 2.24) is 9.78 Å². The van der Waals surface area contributed by atoms with E-state index in [1.807, 2.05) is 16.9 Å². The van der Waals surface area contributed by atoms with E-state index in [1.54, 1.807) is 0 Å². The fourth-order valence-electron chi connectivity index (χ4n) is 1.49. The second-order valence-corrected chi connectivity index (χ2v) is 4.25. The Balaban J connectivity index is 2.57. The summed E-state index contributed by atoms with van der Waals surface area (Å²) >= 11 is 0. The molecule has 1 aromatic heterocycles. The first-order valence-electron chi connectivity index (χ1n) is 5.89. The van der Waals surface area contributed by atoms with E-state index in [4.69, 9.17) is 10.5 Å². The molecule has 1 aromatic rings. The van der Waals surface area contributed by atoms with Crippen molar-refractivity contribution < 1.29 is 9.53 Å². The van der Waals surface area contributed by atoms with Gasteiger partial charge >= 0.3 is 0 Å². The second kappa shape index (κ2) is 6.51. The molecule has 2 unspecified atom stereocenters. The first-order valence-corrected chi connectivity index (χ1v) is 5.89. The molecule has 0 fully saturated rings. The summed E-state index contributed by atoms with van der Waals surface area (Å²) in [6.45, 7) is 4.45. The Morgan fingerprint density at radius 3 is 2.94 bits per heavy atom. The van der Waals surface area contributed by atoms with E-state index in [0.717, 1.165) is 12.1 Å². The van der Waals surface area contributed by atoms with Crippen LogP contribution in [0.1, 0.15) is 32.0 Å². The van der Waals surface area contributed by atoms with Crippen LogP contribution in [0.15, 0.2) is 12.3 Å². The van der Waals surface area contributed by atoms with Gasteiger partial charge in [-0.25, -0.2) is 0 Å². The van der Waals surface area contributed by atoms with Crippen molar-refractivity contribution in [1.29, 1.82) is 0 Å². The van der Waals surface area contributed by atoms with Crippen molar-refractivity contribution in [3.63, 3.8) is 0 Å². The van der Waals surface area contributed by atoms with Gasteiger partial charge in [0.25, 0.3) is 0 Å². The van der Waals surface area contributed by atoms with Crippen LogP contribution in [-0.2, 0) is 16.0 Å². The van der Waals surface area contributed by atoms with E-state index in [9.17, 15) is 4.79 Å². The summed E-state index contributed by atoms with van der Waals surface area (Å²) in [5.41, 5.74) is 6.42. The zero-order valence-corrected chi connectivity index (χ0v) is 10.7. The Morgan fingerprint density at radius 1 is 1.65 bits per heavy atom. The summed E-state index contributed by atoms with van der Waals surface area (Å²) in [7, 11) is 1.53. The van der Waals surface area contributed by atoms with Crippen LogP contribution in [0, 0.1) is 0 Å². The molecule has 0 aliphatic carbocycles. The number of nitrogens with two attached hydrogens (primary N) is 1. The van der Waals surface area contributed by atoms with Crippen LogP contribution < -0.4 is 5.73 Å². The summed E-state index contributed by atoms with van der Waals surface area (Å²) in [6.07, 6.45) is 3.19. The molecule has 0 saturated heterocycles. The largest absolute Gasteiger partial charge is 0.383 e. The molecule has 1 rings (SSSR count). The Hall–Kier alpha value is -1.20. The van der Waals surface area contributed by atoms with Gasteiger partial charge in [0.1, 0.15) is 0 Å². The molecule has 0 aromatic carbocycles. The number of carbonyl (C=O) groups excluding carboxylic acids is 1. The molecular weight excluding hydrogens is 218 g/mol. The lowest BCUT2D eigenvalue weighted by Gasteiger charge is -2.09. The van der Waals surface area contributed by atoms with E-state index >= 15 is 0 Å². The highest BCUT2D eigenvalue weighted by atomic mass is 16.5. The second-order valence-electron chi connectivity index (χ2n) is 4.25. The van der Waals surface area contributed by atoms with Crippen molar-refractivity contribution >= 4 is 5.78 Å². The van der Waals surface area contributed by atoms with E-state index in [1.165, 1.54) is 7.11 Å². The smallest absolute Gasteiger partial charge is 0.157 e. The quantitative estimate of drug-likeness (QED) is 0.768. The van der Waals surface area contributed by atoms with Crippen molar-refractivity contribution in [2.45, 2.75) is 38.8 Å². The summed E-state index contributed by atoms with van der Waals surface area (Å²) in [5.74, 6) is -0.0405.